The van der Waals surface area contributed by atoms with Crippen LogP contribution in [-0.2, 0) is 13.1 Å². The van der Waals surface area contributed by atoms with Crippen molar-refractivity contribution in [2.45, 2.75) is 53.6 Å². The minimum atomic E-state index is 0.533. The van der Waals surface area contributed by atoms with Gasteiger partial charge in [0.1, 0.15) is 0 Å². The van der Waals surface area contributed by atoms with Crippen molar-refractivity contribution in [2.75, 3.05) is 73.0 Å². The first-order valence-corrected chi connectivity index (χ1v) is 14.0. The van der Waals surface area contributed by atoms with Crippen molar-refractivity contribution in [3.8, 4) is 0 Å². The Morgan fingerprint density at radius 1 is 0.914 bits per heavy atom. The number of nitrogens with zero attached hydrogens (tertiary/aromatic N) is 4. The van der Waals surface area contributed by atoms with E-state index >= 15 is 0 Å². The van der Waals surface area contributed by atoms with Crippen LogP contribution in [0.4, 0.5) is 0 Å². The van der Waals surface area contributed by atoms with E-state index in [4.69, 9.17) is 5.73 Å². The van der Waals surface area contributed by atoms with Crippen LogP contribution in [0.1, 0.15) is 57.2 Å². The van der Waals surface area contributed by atoms with Crippen LogP contribution in [0.2, 0.25) is 0 Å². The Morgan fingerprint density at radius 3 is 2.17 bits per heavy atom. The van der Waals surface area contributed by atoms with Gasteiger partial charge in [-0.25, -0.2) is 0 Å². The summed E-state index contributed by atoms with van der Waals surface area (Å²) in [6.07, 6.45) is 9.44. The molecule has 2 aliphatic rings. The predicted molar refractivity (Wildman–Crippen MR) is 154 cm³/mol. The molecule has 0 bridgehead atoms. The third kappa shape index (κ3) is 10.2. The largest absolute Gasteiger partial charge is 0.326 e. The third-order valence-corrected chi connectivity index (χ3v) is 7.19. The molecule has 5 heteroatoms. The molecule has 2 aliphatic heterocycles. The molecule has 2 N–H and O–H groups in total. The normalized spacial score (nSPS) is 20.8. The number of allylic oxidation sites excluding steroid dienone is 3. The first kappa shape index (κ1) is 29.7. The van der Waals surface area contributed by atoms with Gasteiger partial charge in [-0.2, -0.15) is 0 Å². The van der Waals surface area contributed by atoms with Crippen LogP contribution in [0.3, 0.4) is 0 Å². The van der Waals surface area contributed by atoms with Crippen LogP contribution in [0.5, 0.6) is 0 Å². The van der Waals surface area contributed by atoms with Gasteiger partial charge in [0.2, 0.25) is 0 Å². The Kier molecular flexibility index (Phi) is 13.8. The molecule has 1 atom stereocenters. The van der Waals surface area contributed by atoms with Crippen molar-refractivity contribution >= 4 is 5.57 Å². The van der Waals surface area contributed by atoms with Crippen molar-refractivity contribution in [2.24, 2.45) is 11.7 Å². The van der Waals surface area contributed by atoms with Crippen LogP contribution < -0.4 is 5.73 Å². The Labute approximate surface area is 216 Å². The highest BCUT2D eigenvalue weighted by Gasteiger charge is 2.15. The number of rotatable bonds is 8. The SMILES string of the molecule is C/C=C(\C=C/C(C)CN1CCCN(C)CC1)c1ccc(CN2CCCN(C)CC2)cc1CN.CC. The van der Waals surface area contributed by atoms with E-state index in [1.54, 1.807) is 0 Å². The molecule has 5 nitrogen and oxygen atoms in total. The molecule has 0 saturated carbocycles. The molecule has 2 heterocycles. The van der Waals surface area contributed by atoms with E-state index in [0.717, 1.165) is 26.2 Å². The Hall–Kier alpha value is -1.50. The maximum absolute atomic E-state index is 6.21. The minimum Gasteiger partial charge on any atom is -0.326 e. The molecule has 1 unspecified atom stereocenters. The number of hydrogen-bond acceptors (Lipinski definition) is 5. The summed E-state index contributed by atoms with van der Waals surface area (Å²) >= 11 is 0. The van der Waals surface area contributed by atoms with Gasteiger partial charge in [0.25, 0.3) is 0 Å². The van der Waals surface area contributed by atoms with Gasteiger partial charge in [0, 0.05) is 45.8 Å². The lowest BCUT2D eigenvalue weighted by atomic mass is 9.95. The molecule has 0 aliphatic carbocycles. The average Bonchev–Trinajstić information content (AvgIpc) is 3.20. The van der Waals surface area contributed by atoms with E-state index in [9.17, 15) is 0 Å². The zero-order chi connectivity index (χ0) is 25.6. The summed E-state index contributed by atoms with van der Waals surface area (Å²) in [6, 6.07) is 6.92. The van der Waals surface area contributed by atoms with E-state index in [0.29, 0.717) is 12.5 Å². The molecule has 35 heavy (non-hydrogen) atoms. The van der Waals surface area contributed by atoms with E-state index in [2.05, 4.69) is 84.0 Å². The molecule has 0 spiro atoms. The molecular weight excluding hydrogens is 430 g/mol. The van der Waals surface area contributed by atoms with Crippen LogP contribution in [0, 0.1) is 5.92 Å². The quantitative estimate of drug-likeness (QED) is 0.550. The Bertz CT molecular complexity index is 787. The lowest BCUT2D eigenvalue weighted by Gasteiger charge is -2.22. The number of nitrogens with two attached hydrogens (primary N) is 1. The lowest BCUT2D eigenvalue weighted by Crippen LogP contribution is -2.32. The van der Waals surface area contributed by atoms with Gasteiger partial charge in [-0.15, -0.1) is 0 Å². The molecule has 1 aromatic carbocycles. The minimum absolute atomic E-state index is 0.533. The van der Waals surface area contributed by atoms with Crippen molar-refractivity contribution in [3.63, 3.8) is 0 Å². The van der Waals surface area contributed by atoms with Gasteiger partial charge in [-0.05, 0) is 88.2 Å². The monoisotopic (exact) mass is 483 g/mol. The van der Waals surface area contributed by atoms with Gasteiger partial charge in [-0.3, -0.25) is 4.90 Å². The molecule has 3 rings (SSSR count). The van der Waals surface area contributed by atoms with Gasteiger partial charge in [-0.1, -0.05) is 57.2 Å². The highest BCUT2D eigenvalue weighted by molar-refractivity contribution is 5.76. The van der Waals surface area contributed by atoms with Crippen molar-refractivity contribution in [1.82, 2.24) is 19.6 Å². The highest BCUT2D eigenvalue weighted by Crippen LogP contribution is 2.24. The van der Waals surface area contributed by atoms with Gasteiger partial charge >= 0.3 is 0 Å². The molecule has 0 amide bonds. The zero-order valence-corrected chi connectivity index (χ0v) is 23.6. The molecule has 0 aromatic heterocycles. The fourth-order valence-corrected chi connectivity index (χ4v) is 5.07. The van der Waals surface area contributed by atoms with E-state index in [1.807, 2.05) is 13.8 Å². The number of likely N-dealkylation sites (N-methyl/N-ethyl adjacent to an activating group) is 2. The first-order chi connectivity index (χ1) is 17.0. The van der Waals surface area contributed by atoms with E-state index < -0.39 is 0 Å². The fourth-order valence-electron chi connectivity index (χ4n) is 5.07. The summed E-state index contributed by atoms with van der Waals surface area (Å²) in [5.74, 6) is 0.533. The van der Waals surface area contributed by atoms with Crippen molar-refractivity contribution < 1.29 is 0 Å². The highest BCUT2D eigenvalue weighted by atomic mass is 15.2. The average molecular weight is 484 g/mol. The summed E-state index contributed by atoms with van der Waals surface area (Å²) < 4.78 is 0. The Morgan fingerprint density at radius 2 is 1.54 bits per heavy atom. The smallest absolute Gasteiger partial charge is 0.0234 e. The first-order valence-electron chi connectivity index (χ1n) is 14.0. The summed E-state index contributed by atoms with van der Waals surface area (Å²) in [6.45, 7) is 20.7. The maximum Gasteiger partial charge on any atom is 0.0234 e. The molecule has 2 fully saturated rings. The molecule has 1 aromatic rings. The van der Waals surface area contributed by atoms with E-state index in [1.165, 1.54) is 74.4 Å². The molecule has 198 valence electrons. The van der Waals surface area contributed by atoms with Gasteiger partial charge < -0.3 is 20.4 Å². The van der Waals surface area contributed by atoms with Crippen molar-refractivity contribution in [3.05, 3.63) is 53.1 Å². The van der Waals surface area contributed by atoms with Gasteiger partial charge in [0.15, 0.2) is 0 Å². The van der Waals surface area contributed by atoms with Crippen molar-refractivity contribution in [1.29, 1.82) is 0 Å². The summed E-state index contributed by atoms with van der Waals surface area (Å²) in [4.78, 5) is 10.1. The molecular formula is C30H53N5. The number of hydrogen-bond donors (Lipinski definition) is 1. The predicted octanol–water partition coefficient (Wildman–Crippen LogP) is 4.54. The third-order valence-electron chi connectivity index (χ3n) is 7.19. The summed E-state index contributed by atoms with van der Waals surface area (Å²) in [7, 11) is 4.46. The lowest BCUT2D eigenvalue weighted by molar-refractivity contribution is 0.258. The topological polar surface area (TPSA) is 39.0 Å². The van der Waals surface area contributed by atoms with Crippen LogP contribution in [0.15, 0.2) is 36.4 Å². The second-order valence-electron chi connectivity index (χ2n) is 10.2. The standard InChI is InChI=1S/C28H47N5.C2H6/c1-5-26(10-8-24(2)22-32-14-6-12-30(3)16-18-32)28-11-9-25(20-27(28)21-29)23-33-15-7-13-31(4)17-19-33;1-2/h5,8-11,20,24H,6-7,12-19,21-23,29H2,1-4H3;1-2H3/b10-8-,26-5+;. The second-order valence-corrected chi connectivity index (χ2v) is 10.2. The van der Waals surface area contributed by atoms with Crippen LogP contribution >= 0.6 is 0 Å². The second kappa shape index (κ2) is 16.3. The Balaban J connectivity index is 0.00000210. The molecule has 0 radical (unpaired) electrons. The summed E-state index contributed by atoms with van der Waals surface area (Å²) in [5.41, 5.74) is 11.4. The summed E-state index contributed by atoms with van der Waals surface area (Å²) in [5, 5.41) is 0. The number of benzene rings is 1. The van der Waals surface area contributed by atoms with Gasteiger partial charge in [0.05, 0.1) is 0 Å². The van der Waals surface area contributed by atoms with Crippen LogP contribution in [-0.4, -0.2) is 92.6 Å². The molecule has 2 saturated heterocycles. The fraction of sp³-hybridized carbons (Fsp3) is 0.667. The van der Waals surface area contributed by atoms with Crippen LogP contribution in [0.25, 0.3) is 5.57 Å². The zero-order valence-electron chi connectivity index (χ0n) is 23.6. The maximum atomic E-state index is 6.21. The van der Waals surface area contributed by atoms with E-state index in [-0.39, 0.29) is 0 Å².